The van der Waals surface area contributed by atoms with E-state index in [1.807, 2.05) is 4.90 Å². The summed E-state index contributed by atoms with van der Waals surface area (Å²) in [5.74, 6) is 1.14. The third kappa shape index (κ3) is 2.72. The second kappa shape index (κ2) is 5.98. The minimum absolute atomic E-state index is 0.124. The molecule has 0 aromatic carbocycles. The van der Waals surface area contributed by atoms with Gasteiger partial charge in [0.25, 0.3) is 0 Å². The standard InChI is InChI=1S/C16H27N3O3/c1-11-8-18(12-2-6-21-7-3-12)4-5-19(11)16(20)17-15-13-9-22-10-14(13)15/h11-15H,2-10H2,1H3,(H,17,20)/t11-,13-,14+,15?/m0/s1. The number of amides is 2. The SMILES string of the molecule is C[C@H]1CN(C2CCOCC2)CCN1C(=O)NC1[C@H]2COC[C@@H]12. The molecule has 6 heteroatoms. The van der Waals surface area contributed by atoms with Crippen molar-refractivity contribution >= 4 is 6.03 Å². The van der Waals surface area contributed by atoms with Crippen LogP contribution in [0.15, 0.2) is 0 Å². The number of hydrogen-bond acceptors (Lipinski definition) is 4. The molecule has 0 aromatic heterocycles. The van der Waals surface area contributed by atoms with Crippen molar-refractivity contribution in [3.63, 3.8) is 0 Å². The van der Waals surface area contributed by atoms with Crippen LogP contribution in [-0.4, -0.2) is 80.0 Å². The first kappa shape index (κ1) is 14.7. The maximum Gasteiger partial charge on any atom is 0.317 e. The number of fused-ring (bicyclic) bond motifs is 1. The summed E-state index contributed by atoms with van der Waals surface area (Å²) in [4.78, 5) is 17.1. The van der Waals surface area contributed by atoms with Crippen molar-refractivity contribution in [3.8, 4) is 0 Å². The average molecular weight is 309 g/mol. The molecule has 4 aliphatic rings. The van der Waals surface area contributed by atoms with E-state index in [9.17, 15) is 4.79 Å². The summed E-state index contributed by atoms with van der Waals surface area (Å²) in [5, 5.41) is 3.22. The Bertz CT molecular complexity index is 417. The van der Waals surface area contributed by atoms with Gasteiger partial charge in [0.2, 0.25) is 0 Å². The van der Waals surface area contributed by atoms with E-state index in [1.54, 1.807) is 0 Å². The van der Waals surface area contributed by atoms with Gasteiger partial charge in [-0.2, -0.15) is 0 Å². The van der Waals surface area contributed by atoms with Crippen molar-refractivity contribution in [3.05, 3.63) is 0 Å². The molecule has 3 saturated heterocycles. The number of carbonyl (C=O) groups excluding carboxylic acids is 1. The van der Waals surface area contributed by atoms with Crippen molar-refractivity contribution in [1.82, 2.24) is 15.1 Å². The molecule has 4 rings (SSSR count). The quantitative estimate of drug-likeness (QED) is 0.808. The number of piperazine rings is 1. The van der Waals surface area contributed by atoms with E-state index in [0.717, 1.165) is 58.9 Å². The van der Waals surface area contributed by atoms with Crippen LogP contribution < -0.4 is 5.32 Å². The summed E-state index contributed by atoms with van der Waals surface area (Å²) in [6.45, 7) is 8.39. The van der Waals surface area contributed by atoms with Crippen LogP contribution in [0.2, 0.25) is 0 Å². The van der Waals surface area contributed by atoms with Crippen molar-refractivity contribution < 1.29 is 14.3 Å². The van der Waals surface area contributed by atoms with Gasteiger partial charge in [-0.3, -0.25) is 4.90 Å². The topological polar surface area (TPSA) is 54.0 Å². The minimum Gasteiger partial charge on any atom is -0.381 e. The second-order valence-corrected chi connectivity index (χ2v) is 7.22. The normalized spacial score (nSPS) is 39.6. The van der Waals surface area contributed by atoms with E-state index in [0.29, 0.717) is 23.9 Å². The van der Waals surface area contributed by atoms with E-state index >= 15 is 0 Å². The summed E-state index contributed by atoms with van der Waals surface area (Å²) in [6, 6.07) is 1.41. The molecule has 0 aromatic rings. The number of nitrogens with zero attached hydrogens (tertiary/aromatic N) is 2. The van der Waals surface area contributed by atoms with Gasteiger partial charge >= 0.3 is 6.03 Å². The predicted octanol–water partition coefficient (Wildman–Crippen LogP) is 0.526. The van der Waals surface area contributed by atoms with Gasteiger partial charge in [-0.1, -0.05) is 0 Å². The van der Waals surface area contributed by atoms with E-state index < -0.39 is 0 Å². The maximum atomic E-state index is 12.5. The summed E-state index contributed by atoms with van der Waals surface area (Å²) < 4.78 is 10.8. The molecule has 3 aliphatic heterocycles. The number of urea groups is 1. The van der Waals surface area contributed by atoms with Gasteiger partial charge in [0.05, 0.1) is 13.2 Å². The summed E-state index contributed by atoms with van der Waals surface area (Å²) >= 11 is 0. The van der Waals surface area contributed by atoms with E-state index in [-0.39, 0.29) is 12.1 Å². The van der Waals surface area contributed by atoms with Gasteiger partial charge in [0.1, 0.15) is 0 Å². The second-order valence-electron chi connectivity index (χ2n) is 7.22. The van der Waals surface area contributed by atoms with Crippen LogP contribution in [0.25, 0.3) is 0 Å². The summed E-state index contributed by atoms with van der Waals surface area (Å²) in [5.41, 5.74) is 0. The fourth-order valence-electron chi connectivity index (χ4n) is 4.35. The monoisotopic (exact) mass is 309 g/mol. The lowest BCUT2D eigenvalue weighted by Crippen LogP contribution is -2.59. The molecule has 22 heavy (non-hydrogen) atoms. The van der Waals surface area contributed by atoms with Crippen LogP contribution in [-0.2, 0) is 9.47 Å². The highest BCUT2D eigenvalue weighted by Crippen LogP contribution is 2.44. The Balaban J connectivity index is 1.28. The van der Waals surface area contributed by atoms with Crippen molar-refractivity contribution in [2.45, 2.75) is 37.9 Å². The van der Waals surface area contributed by atoms with Crippen molar-refractivity contribution in [1.29, 1.82) is 0 Å². The highest BCUT2D eigenvalue weighted by atomic mass is 16.5. The zero-order chi connectivity index (χ0) is 15.1. The molecule has 1 N–H and O–H groups in total. The molecule has 4 fully saturated rings. The zero-order valence-corrected chi connectivity index (χ0v) is 13.4. The Morgan fingerprint density at radius 2 is 1.82 bits per heavy atom. The van der Waals surface area contributed by atoms with E-state index in [1.165, 1.54) is 0 Å². The molecule has 0 spiro atoms. The smallest absolute Gasteiger partial charge is 0.317 e. The van der Waals surface area contributed by atoms with Gasteiger partial charge in [0, 0.05) is 62.8 Å². The molecular weight excluding hydrogens is 282 g/mol. The Kier molecular flexibility index (Phi) is 4.00. The lowest BCUT2D eigenvalue weighted by molar-refractivity contribution is 0.00683. The molecule has 1 unspecified atom stereocenters. The van der Waals surface area contributed by atoms with Crippen LogP contribution in [0.3, 0.4) is 0 Å². The molecule has 2 amide bonds. The Morgan fingerprint density at radius 3 is 2.50 bits per heavy atom. The average Bonchev–Trinajstić information content (AvgIpc) is 2.97. The Labute approximate surface area is 132 Å². The fourth-order valence-corrected chi connectivity index (χ4v) is 4.35. The predicted molar refractivity (Wildman–Crippen MR) is 81.7 cm³/mol. The summed E-state index contributed by atoms with van der Waals surface area (Å²) in [7, 11) is 0. The summed E-state index contributed by atoms with van der Waals surface area (Å²) in [6.07, 6.45) is 2.26. The third-order valence-corrected chi connectivity index (χ3v) is 5.87. The molecule has 6 nitrogen and oxygen atoms in total. The van der Waals surface area contributed by atoms with Gasteiger partial charge < -0.3 is 19.7 Å². The molecular formula is C16H27N3O3. The molecule has 1 saturated carbocycles. The fraction of sp³-hybridized carbons (Fsp3) is 0.938. The lowest BCUT2D eigenvalue weighted by atomic mass is 10.0. The minimum atomic E-state index is 0.124. The Morgan fingerprint density at radius 1 is 1.09 bits per heavy atom. The third-order valence-electron chi connectivity index (χ3n) is 5.87. The van der Waals surface area contributed by atoms with Crippen LogP contribution in [0.4, 0.5) is 4.79 Å². The van der Waals surface area contributed by atoms with Crippen LogP contribution >= 0.6 is 0 Å². The van der Waals surface area contributed by atoms with Crippen molar-refractivity contribution in [2.24, 2.45) is 11.8 Å². The zero-order valence-electron chi connectivity index (χ0n) is 13.4. The highest BCUT2D eigenvalue weighted by Gasteiger charge is 2.55. The first-order chi connectivity index (χ1) is 10.7. The number of ether oxygens (including phenoxy) is 2. The van der Waals surface area contributed by atoms with Crippen LogP contribution in [0.1, 0.15) is 19.8 Å². The largest absolute Gasteiger partial charge is 0.381 e. The molecule has 3 heterocycles. The molecule has 4 atom stereocenters. The van der Waals surface area contributed by atoms with Crippen LogP contribution in [0.5, 0.6) is 0 Å². The van der Waals surface area contributed by atoms with E-state index in [2.05, 4.69) is 17.1 Å². The van der Waals surface area contributed by atoms with Gasteiger partial charge in [-0.05, 0) is 19.8 Å². The number of nitrogens with one attached hydrogen (secondary N) is 1. The molecule has 1 aliphatic carbocycles. The number of rotatable bonds is 2. The first-order valence-corrected chi connectivity index (χ1v) is 8.70. The molecule has 124 valence electrons. The molecule has 0 bridgehead atoms. The van der Waals surface area contributed by atoms with Gasteiger partial charge in [-0.15, -0.1) is 0 Å². The van der Waals surface area contributed by atoms with Gasteiger partial charge in [-0.25, -0.2) is 4.79 Å². The maximum absolute atomic E-state index is 12.5. The Hall–Kier alpha value is -0.850. The first-order valence-electron chi connectivity index (χ1n) is 8.70. The van der Waals surface area contributed by atoms with E-state index in [4.69, 9.17) is 9.47 Å². The van der Waals surface area contributed by atoms with Crippen molar-refractivity contribution in [2.75, 3.05) is 46.1 Å². The number of hydrogen-bond donors (Lipinski definition) is 1. The highest BCUT2D eigenvalue weighted by molar-refractivity contribution is 5.75. The van der Waals surface area contributed by atoms with Gasteiger partial charge in [0.15, 0.2) is 0 Å². The van der Waals surface area contributed by atoms with Crippen LogP contribution in [0, 0.1) is 11.8 Å². The molecule has 0 radical (unpaired) electrons. The number of carbonyl (C=O) groups is 1. The lowest BCUT2D eigenvalue weighted by Gasteiger charge is -2.44.